The van der Waals surface area contributed by atoms with E-state index in [2.05, 4.69) is 5.32 Å². The van der Waals surface area contributed by atoms with Crippen molar-refractivity contribution in [3.63, 3.8) is 0 Å². The SMILES string of the molecule is COc1cccc(OC)c1OCCNCc1ccc2c(c1)OCO2. The molecule has 0 aromatic heterocycles. The lowest BCUT2D eigenvalue weighted by Crippen LogP contribution is -2.20. The minimum Gasteiger partial charge on any atom is -0.493 e. The van der Waals surface area contributed by atoms with Gasteiger partial charge in [-0.05, 0) is 29.8 Å². The number of para-hydroxylation sites is 1. The zero-order chi connectivity index (χ0) is 16.8. The van der Waals surface area contributed by atoms with Crippen LogP contribution < -0.4 is 29.0 Å². The highest BCUT2D eigenvalue weighted by Gasteiger charge is 2.13. The Labute approximate surface area is 141 Å². The number of hydrogen-bond acceptors (Lipinski definition) is 6. The van der Waals surface area contributed by atoms with Crippen molar-refractivity contribution < 1.29 is 23.7 Å². The Morgan fingerprint density at radius 3 is 2.50 bits per heavy atom. The minimum absolute atomic E-state index is 0.292. The second-order valence-corrected chi connectivity index (χ2v) is 5.20. The molecule has 6 nitrogen and oxygen atoms in total. The number of nitrogens with one attached hydrogen (secondary N) is 1. The zero-order valence-electron chi connectivity index (χ0n) is 13.8. The van der Waals surface area contributed by atoms with Crippen LogP contribution >= 0.6 is 0 Å². The summed E-state index contributed by atoms with van der Waals surface area (Å²) in [5, 5.41) is 3.34. The van der Waals surface area contributed by atoms with E-state index < -0.39 is 0 Å². The van der Waals surface area contributed by atoms with Crippen LogP contribution in [0.1, 0.15) is 5.56 Å². The van der Waals surface area contributed by atoms with Crippen molar-refractivity contribution >= 4 is 0 Å². The minimum atomic E-state index is 0.292. The molecule has 1 aliphatic rings. The number of hydrogen-bond donors (Lipinski definition) is 1. The second-order valence-electron chi connectivity index (χ2n) is 5.20. The lowest BCUT2D eigenvalue weighted by molar-refractivity contribution is 0.174. The van der Waals surface area contributed by atoms with Gasteiger partial charge in [-0.25, -0.2) is 0 Å². The van der Waals surface area contributed by atoms with E-state index in [9.17, 15) is 0 Å². The van der Waals surface area contributed by atoms with Crippen molar-refractivity contribution in [3.05, 3.63) is 42.0 Å². The van der Waals surface area contributed by atoms with E-state index >= 15 is 0 Å². The van der Waals surface area contributed by atoms with Gasteiger partial charge in [-0.1, -0.05) is 12.1 Å². The van der Waals surface area contributed by atoms with Gasteiger partial charge >= 0.3 is 0 Å². The first-order valence-electron chi connectivity index (χ1n) is 7.75. The van der Waals surface area contributed by atoms with Crippen LogP contribution in [-0.4, -0.2) is 34.2 Å². The second kappa shape index (κ2) is 7.79. The summed E-state index contributed by atoms with van der Waals surface area (Å²) in [7, 11) is 3.22. The topological polar surface area (TPSA) is 58.2 Å². The summed E-state index contributed by atoms with van der Waals surface area (Å²) in [5.41, 5.74) is 1.13. The standard InChI is InChI=1S/C18H21NO5/c1-20-15-4-3-5-16(21-2)18(15)22-9-8-19-11-13-6-7-14-17(10-13)24-12-23-14/h3-7,10,19H,8-9,11-12H2,1-2H3. The Bertz CT molecular complexity index is 667. The average Bonchev–Trinajstić information content (AvgIpc) is 3.09. The highest BCUT2D eigenvalue weighted by atomic mass is 16.7. The number of benzene rings is 2. The molecule has 0 amide bonds. The lowest BCUT2D eigenvalue weighted by atomic mass is 10.2. The van der Waals surface area contributed by atoms with Crippen molar-refractivity contribution in [2.75, 3.05) is 34.2 Å². The maximum Gasteiger partial charge on any atom is 0.231 e. The maximum absolute atomic E-state index is 5.80. The first-order chi connectivity index (χ1) is 11.8. The number of ether oxygens (including phenoxy) is 5. The van der Waals surface area contributed by atoms with Crippen molar-refractivity contribution in [3.8, 4) is 28.7 Å². The maximum atomic E-state index is 5.80. The molecule has 0 fully saturated rings. The molecular formula is C18H21NO5. The summed E-state index contributed by atoms with van der Waals surface area (Å²) >= 11 is 0. The normalized spacial score (nSPS) is 12.1. The summed E-state index contributed by atoms with van der Waals surface area (Å²) in [6.07, 6.45) is 0. The Morgan fingerprint density at radius 2 is 1.75 bits per heavy atom. The molecule has 1 N–H and O–H groups in total. The zero-order valence-corrected chi connectivity index (χ0v) is 13.8. The van der Waals surface area contributed by atoms with Gasteiger partial charge in [-0.2, -0.15) is 0 Å². The monoisotopic (exact) mass is 331 g/mol. The molecule has 6 heteroatoms. The predicted molar refractivity (Wildman–Crippen MR) is 89.3 cm³/mol. The van der Waals surface area contributed by atoms with E-state index in [1.54, 1.807) is 14.2 Å². The van der Waals surface area contributed by atoms with Crippen LogP contribution in [0.25, 0.3) is 0 Å². The van der Waals surface area contributed by atoms with Gasteiger partial charge in [0.25, 0.3) is 0 Å². The van der Waals surface area contributed by atoms with Gasteiger partial charge in [0.15, 0.2) is 23.0 Å². The summed E-state index contributed by atoms with van der Waals surface area (Å²) < 4.78 is 27.1. The van der Waals surface area contributed by atoms with E-state index in [0.29, 0.717) is 37.2 Å². The summed E-state index contributed by atoms with van der Waals surface area (Å²) in [5.74, 6) is 3.53. The molecule has 0 atom stereocenters. The lowest BCUT2D eigenvalue weighted by Gasteiger charge is -2.14. The van der Waals surface area contributed by atoms with Gasteiger partial charge in [0.2, 0.25) is 12.5 Å². The van der Waals surface area contributed by atoms with Crippen LogP contribution in [0.3, 0.4) is 0 Å². The first kappa shape index (κ1) is 16.3. The molecular weight excluding hydrogens is 310 g/mol. The third-order valence-electron chi connectivity index (χ3n) is 3.67. The van der Waals surface area contributed by atoms with Crippen LogP contribution in [0.15, 0.2) is 36.4 Å². The largest absolute Gasteiger partial charge is 0.493 e. The number of rotatable bonds is 8. The van der Waals surface area contributed by atoms with Crippen molar-refractivity contribution in [2.45, 2.75) is 6.54 Å². The van der Waals surface area contributed by atoms with Crippen molar-refractivity contribution in [1.29, 1.82) is 0 Å². The molecule has 0 aliphatic carbocycles. The van der Waals surface area contributed by atoms with E-state index in [-0.39, 0.29) is 0 Å². The Morgan fingerprint density at radius 1 is 1.00 bits per heavy atom. The van der Waals surface area contributed by atoms with Gasteiger partial charge in [0, 0.05) is 13.1 Å². The fraction of sp³-hybridized carbons (Fsp3) is 0.333. The van der Waals surface area contributed by atoms with Gasteiger partial charge in [-0.3, -0.25) is 0 Å². The van der Waals surface area contributed by atoms with Gasteiger partial charge in [0.05, 0.1) is 14.2 Å². The Hall–Kier alpha value is -2.60. The van der Waals surface area contributed by atoms with Crippen LogP contribution in [-0.2, 0) is 6.54 Å². The fourth-order valence-corrected chi connectivity index (χ4v) is 2.47. The third kappa shape index (κ3) is 3.65. The Balaban J connectivity index is 1.48. The molecule has 24 heavy (non-hydrogen) atoms. The van der Waals surface area contributed by atoms with Gasteiger partial charge in [0.1, 0.15) is 6.61 Å². The van der Waals surface area contributed by atoms with Crippen LogP contribution in [0.4, 0.5) is 0 Å². The predicted octanol–water partition coefficient (Wildman–Crippen LogP) is 2.60. The molecule has 1 aliphatic heterocycles. The summed E-state index contributed by atoms with van der Waals surface area (Å²) in [4.78, 5) is 0. The highest BCUT2D eigenvalue weighted by molar-refractivity contribution is 5.51. The summed E-state index contributed by atoms with van der Waals surface area (Å²) in [6, 6.07) is 11.5. The average molecular weight is 331 g/mol. The molecule has 0 saturated heterocycles. The van der Waals surface area contributed by atoms with E-state index in [1.165, 1.54) is 0 Å². The van der Waals surface area contributed by atoms with Crippen LogP contribution in [0.5, 0.6) is 28.7 Å². The number of fused-ring (bicyclic) bond motifs is 1. The van der Waals surface area contributed by atoms with Crippen LogP contribution in [0, 0.1) is 0 Å². The molecule has 0 spiro atoms. The van der Waals surface area contributed by atoms with E-state index in [4.69, 9.17) is 23.7 Å². The highest BCUT2D eigenvalue weighted by Crippen LogP contribution is 2.36. The molecule has 0 saturated carbocycles. The molecule has 2 aromatic rings. The van der Waals surface area contributed by atoms with Gasteiger partial charge in [-0.15, -0.1) is 0 Å². The van der Waals surface area contributed by atoms with E-state index in [0.717, 1.165) is 23.6 Å². The fourth-order valence-electron chi connectivity index (χ4n) is 2.47. The molecule has 0 radical (unpaired) electrons. The molecule has 0 bridgehead atoms. The quantitative estimate of drug-likeness (QED) is 0.751. The number of methoxy groups -OCH3 is 2. The van der Waals surface area contributed by atoms with Crippen molar-refractivity contribution in [2.24, 2.45) is 0 Å². The molecule has 2 aromatic carbocycles. The van der Waals surface area contributed by atoms with Crippen molar-refractivity contribution in [1.82, 2.24) is 5.32 Å². The molecule has 0 unspecified atom stereocenters. The smallest absolute Gasteiger partial charge is 0.231 e. The molecule has 3 rings (SSSR count). The first-order valence-corrected chi connectivity index (χ1v) is 7.75. The molecule has 1 heterocycles. The summed E-state index contributed by atoms with van der Waals surface area (Å²) in [6.45, 7) is 2.21. The van der Waals surface area contributed by atoms with E-state index in [1.807, 2.05) is 36.4 Å². The van der Waals surface area contributed by atoms with Gasteiger partial charge < -0.3 is 29.0 Å². The van der Waals surface area contributed by atoms with Crippen LogP contribution in [0.2, 0.25) is 0 Å². The third-order valence-corrected chi connectivity index (χ3v) is 3.67. The molecule has 128 valence electrons. The Kier molecular flexibility index (Phi) is 5.28.